The van der Waals surface area contributed by atoms with Crippen molar-refractivity contribution in [2.75, 3.05) is 5.32 Å². The highest BCUT2D eigenvalue weighted by Gasteiger charge is 2.19. The van der Waals surface area contributed by atoms with Crippen molar-refractivity contribution in [2.45, 2.75) is 0 Å². The van der Waals surface area contributed by atoms with Crippen LogP contribution in [0.2, 0.25) is 10.0 Å². The van der Waals surface area contributed by atoms with E-state index < -0.39 is 5.95 Å². The molecule has 0 bridgehead atoms. The zero-order valence-corrected chi connectivity index (χ0v) is 11.4. The molecule has 5 nitrogen and oxygen atoms in total. The molecule has 0 radical (unpaired) electrons. The van der Waals surface area contributed by atoms with E-state index in [2.05, 4.69) is 24.0 Å². The summed E-state index contributed by atoms with van der Waals surface area (Å²) in [6.45, 7) is 0. The maximum absolute atomic E-state index is 13.0. The molecule has 2 aromatic rings. The van der Waals surface area contributed by atoms with Crippen molar-refractivity contribution in [1.82, 2.24) is 9.97 Å². The highest BCUT2D eigenvalue weighted by Crippen LogP contribution is 2.48. The van der Waals surface area contributed by atoms with Gasteiger partial charge in [0.05, 0.1) is 27.1 Å². The van der Waals surface area contributed by atoms with Gasteiger partial charge in [-0.25, -0.2) is 9.97 Å². The van der Waals surface area contributed by atoms with Crippen LogP contribution in [0.3, 0.4) is 0 Å². The second-order valence-electron chi connectivity index (χ2n) is 3.53. The lowest BCUT2D eigenvalue weighted by Crippen LogP contribution is -1.96. The van der Waals surface area contributed by atoms with Gasteiger partial charge in [-0.15, -0.1) is 0 Å². The molecule has 0 unspecified atom stereocenters. The van der Waals surface area contributed by atoms with E-state index in [0.717, 1.165) is 23.7 Å². The van der Waals surface area contributed by atoms with Crippen molar-refractivity contribution in [2.24, 2.45) is 8.73 Å². The lowest BCUT2D eigenvalue weighted by Gasteiger charge is -2.11. The van der Waals surface area contributed by atoms with Crippen LogP contribution in [0, 0.1) is 5.95 Å². The third kappa shape index (κ3) is 2.32. The number of fused-ring (bicyclic) bond motifs is 1. The van der Waals surface area contributed by atoms with Gasteiger partial charge in [0, 0.05) is 6.07 Å². The predicted molar refractivity (Wildman–Crippen MR) is 73.3 cm³/mol. The van der Waals surface area contributed by atoms with Gasteiger partial charge in [0.2, 0.25) is 5.95 Å². The van der Waals surface area contributed by atoms with Gasteiger partial charge in [0.25, 0.3) is 0 Å². The molecule has 0 saturated carbocycles. The Morgan fingerprint density at radius 1 is 1.05 bits per heavy atom. The Morgan fingerprint density at radius 3 is 2.63 bits per heavy atom. The molecule has 1 aliphatic rings. The first-order chi connectivity index (χ1) is 9.15. The molecule has 2 heterocycles. The van der Waals surface area contributed by atoms with Crippen molar-refractivity contribution in [3.05, 3.63) is 34.5 Å². The molecule has 3 rings (SSSR count). The molecule has 0 saturated heterocycles. The number of nitrogens with zero attached hydrogens (tertiary/aromatic N) is 4. The Labute approximate surface area is 120 Å². The molecule has 0 amide bonds. The number of rotatable bonds is 2. The lowest BCUT2D eigenvalue weighted by atomic mass is 10.2. The van der Waals surface area contributed by atoms with Gasteiger partial charge in [-0.1, -0.05) is 23.2 Å². The van der Waals surface area contributed by atoms with E-state index in [1.54, 1.807) is 6.07 Å². The van der Waals surface area contributed by atoms with Crippen molar-refractivity contribution in [3.8, 4) is 0 Å². The van der Waals surface area contributed by atoms with Crippen LogP contribution in [0.5, 0.6) is 0 Å². The maximum atomic E-state index is 13.0. The van der Waals surface area contributed by atoms with Gasteiger partial charge in [-0.3, -0.25) is 0 Å². The highest BCUT2D eigenvalue weighted by molar-refractivity contribution is 7.58. The average Bonchev–Trinajstić information content (AvgIpc) is 2.84. The summed E-state index contributed by atoms with van der Waals surface area (Å²) in [6.07, 6.45) is 1.11. The van der Waals surface area contributed by atoms with Gasteiger partial charge in [-0.05, 0) is 6.07 Å². The standard InChI is InChI=1S/C10H4Cl2FN5S/c11-4-1-5(12)9-10(18-19-17-9)8(4)16-7-2-6(13)14-3-15-7/h1-3H,(H,14,15,16). The third-order valence-corrected chi connectivity index (χ3v) is 3.45. The highest BCUT2D eigenvalue weighted by atomic mass is 35.5. The number of aromatic nitrogens is 2. The summed E-state index contributed by atoms with van der Waals surface area (Å²) in [5, 5.41) is 3.65. The van der Waals surface area contributed by atoms with Gasteiger partial charge in [-0.2, -0.15) is 13.1 Å². The van der Waals surface area contributed by atoms with Crippen LogP contribution >= 0.6 is 23.2 Å². The van der Waals surface area contributed by atoms with Crippen LogP contribution in [0.25, 0.3) is 0 Å². The summed E-state index contributed by atoms with van der Waals surface area (Å²) in [4.78, 5) is 7.26. The van der Waals surface area contributed by atoms with E-state index in [0.29, 0.717) is 27.1 Å². The number of nitrogens with one attached hydrogen (secondary N) is 1. The fourth-order valence-corrected chi connectivity index (χ4v) is 2.68. The number of benzene rings is 1. The quantitative estimate of drug-likeness (QED) is 0.713. The molecule has 96 valence electrons. The molecule has 0 fully saturated rings. The summed E-state index contributed by atoms with van der Waals surface area (Å²) in [5.74, 6) is -0.374. The van der Waals surface area contributed by atoms with Crippen LogP contribution < -0.4 is 5.32 Å². The van der Waals surface area contributed by atoms with Crippen LogP contribution in [0.1, 0.15) is 0 Å². The smallest absolute Gasteiger partial charge is 0.218 e. The van der Waals surface area contributed by atoms with E-state index >= 15 is 0 Å². The zero-order valence-electron chi connectivity index (χ0n) is 9.06. The number of halogens is 3. The first-order valence-corrected chi connectivity index (χ1v) is 6.48. The molecular formula is C10H4Cl2FN5S. The minimum absolute atomic E-state index is 0.269. The van der Waals surface area contributed by atoms with Crippen molar-refractivity contribution in [3.63, 3.8) is 0 Å². The summed E-state index contributed by atoms with van der Waals surface area (Å²) in [7, 11) is 0. The first-order valence-electron chi connectivity index (χ1n) is 5.00. The minimum atomic E-state index is -0.643. The summed E-state index contributed by atoms with van der Waals surface area (Å²) >= 11 is 13.1. The van der Waals surface area contributed by atoms with Crippen LogP contribution in [-0.4, -0.2) is 9.97 Å². The molecule has 0 spiro atoms. The Balaban J connectivity index is 2.07. The van der Waals surface area contributed by atoms with Crippen LogP contribution in [0.15, 0.2) is 27.2 Å². The number of hydrogen-bond donors (Lipinski definition) is 1. The molecule has 1 aromatic carbocycles. The van der Waals surface area contributed by atoms with Crippen molar-refractivity contribution < 1.29 is 4.39 Å². The second kappa shape index (κ2) is 4.84. The van der Waals surface area contributed by atoms with Crippen LogP contribution in [-0.2, 0) is 11.4 Å². The predicted octanol–water partition coefficient (Wildman–Crippen LogP) is 4.39. The second-order valence-corrected chi connectivity index (χ2v) is 4.87. The average molecular weight is 316 g/mol. The molecule has 9 heteroatoms. The molecular weight excluding hydrogens is 312 g/mol. The van der Waals surface area contributed by atoms with Gasteiger partial charge in [0.15, 0.2) is 0 Å². The van der Waals surface area contributed by atoms with Crippen molar-refractivity contribution in [1.29, 1.82) is 0 Å². The normalized spacial score (nSPS) is 12.2. The Bertz CT molecular complexity index is 745. The van der Waals surface area contributed by atoms with E-state index in [4.69, 9.17) is 23.2 Å². The topological polar surface area (TPSA) is 62.5 Å². The summed E-state index contributed by atoms with van der Waals surface area (Å²) in [6, 6.07) is 2.70. The summed E-state index contributed by atoms with van der Waals surface area (Å²) < 4.78 is 21.2. The van der Waals surface area contributed by atoms with Gasteiger partial charge in [0.1, 0.15) is 23.5 Å². The molecule has 1 N–H and O–H groups in total. The molecule has 19 heavy (non-hydrogen) atoms. The molecule has 1 aliphatic heterocycles. The van der Waals surface area contributed by atoms with E-state index in [-0.39, 0.29) is 5.82 Å². The lowest BCUT2D eigenvalue weighted by molar-refractivity contribution is 0.580. The largest absolute Gasteiger partial charge is 0.337 e. The maximum Gasteiger partial charge on any atom is 0.218 e. The van der Waals surface area contributed by atoms with E-state index in [1.807, 2.05) is 0 Å². The zero-order chi connectivity index (χ0) is 13.4. The van der Waals surface area contributed by atoms with Crippen LogP contribution in [0.4, 0.5) is 27.3 Å². The van der Waals surface area contributed by atoms with Gasteiger partial charge >= 0.3 is 0 Å². The molecule has 0 aliphatic carbocycles. The Hall–Kier alpha value is -1.57. The summed E-state index contributed by atoms with van der Waals surface area (Å²) in [5.41, 5.74) is 1.53. The Kier molecular flexibility index (Phi) is 3.17. The van der Waals surface area contributed by atoms with Crippen molar-refractivity contribution >= 4 is 57.4 Å². The number of hydrogen-bond acceptors (Lipinski definition) is 5. The monoisotopic (exact) mass is 315 g/mol. The Morgan fingerprint density at radius 2 is 1.84 bits per heavy atom. The molecule has 1 aromatic heterocycles. The third-order valence-electron chi connectivity index (χ3n) is 2.33. The minimum Gasteiger partial charge on any atom is -0.337 e. The SMILES string of the molecule is Fc1cc(Nc2c(Cl)cc(Cl)c3c2N=S=N3)ncn1. The number of anilines is 2. The fraction of sp³-hybridized carbons (Fsp3) is 0. The molecule has 0 atom stereocenters. The van der Waals surface area contributed by atoms with E-state index in [9.17, 15) is 4.39 Å². The van der Waals surface area contributed by atoms with E-state index in [1.165, 1.54) is 0 Å². The fourth-order valence-electron chi connectivity index (χ4n) is 1.52. The first kappa shape index (κ1) is 12.5. The van der Waals surface area contributed by atoms with Gasteiger partial charge < -0.3 is 5.32 Å².